The van der Waals surface area contributed by atoms with E-state index in [1.54, 1.807) is 6.92 Å². The van der Waals surface area contributed by atoms with Gasteiger partial charge in [0.2, 0.25) is 0 Å². The van der Waals surface area contributed by atoms with Crippen molar-refractivity contribution in [2.45, 2.75) is 50.9 Å². The summed E-state index contributed by atoms with van der Waals surface area (Å²) in [6.07, 6.45) is 2.01. The van der Waals surface area contributed by atoms with Crippen LogP contribution in [0.3, 0.4) is 0 Å². The number of rotatable bonds is 3. The lowest BCUT2D eigenvalue weighted by Gasteiger charge is -2.29. The maximum atomic E-state index is 13.1. The Labute approximate surface area is 106 Å². The van der Waals surface area contributed by atoms with E-state index in [-0.39, 0.29) is 6.10 Å². The Balaban J connectivity index is 2.17. The molecule has 18 heavy (non-hydrogen) atoms. The monoisotopic (exact) mass is 254 g/mol. The number of hydrogen-bond acceptors (Lipinski definition) is 3. The van der Waals surface area contributed by atoms with Gasteiger partial charge in [-0.3, -0.25) is 0 Å². The second-order valence-corrected chi connectivity index (χ2v) is 4.87. The van der Waals surface area contributed by atoms with Crippen LogP contribution in [-0.2, 0) is 0 Å². The molecule has 1 aliphatic carbocycles. The van der Waals surface area contributed by atoms with Crippen LogP contribution < -0.4 is 4.74 Å². The second kappa shape index (κ2) is 5.67. The fourth-order valence-electron chi connectivity index (χ4n) is 2.33. The van der Waals surface area contributed by atoms with Gasteiger partial charge in [0.25, 0.3) is 0 Å². The second-order valence-electron chi connectivity index (χ2n) is 4.87. The molecule has 3 atom stereocenters. The zero-order valence-electron chi connectivity index (χ0n) is 10.5. The first-order chi connectivity index (χ1) is 8.58. The first-order valence-corrected chi connectivity index (χ1v) is 6.40. The van der Waals surface area contributed by atoms with E-state index in [0.29, 0.717) is 11.3 Å². The maximum Gasteiger partial charge on any atom is 0.125 e. The molecule has 0 amide bonds. The number of halogens is 1. The van der Waals surface area contributed by atoms with Gasteiger partial charge >= 0.3 is 0 Å². The Morgan fingerprint density at radius 1 is 1.33 bits per heavy atom. The van der Waals surface area contributed by atoms with Crippen molar-refractivity contribution in [1.29, 1.82) is 0 Å². The van der Waals surface area contributed by atoms with Crippen LogP contribution in [0.5, 0.6) is 5.75 Å². The zero-order valence-corrected chi connectivity index (χ0v) is 10.5. The minimum atomic E-state index is -0.795. The Bertz CT molecular complexity index is 406. The zero-order chi connectivity index (χ0) is 13.1. The Morgan fingerprint density at radius 2 is 2.06 bits per heavy atom. The Kier molecular flexibility index (Phi) is 4.19. The molecule has 4 heteroatoms. The topological polar surface area (TPSA) is 49.7 Å². The predicted molar refractivity (Wildman–Crippen MR) is 65.9 cm³/mol. The lowest BCUT2D eigenvalue weighted by molar-refractivity contribution is 0.00523. The molecular weight excluding hydrogens is 235 g/mol. The summed E-state index contributed by atoms with van der Waals surface area (Å²) in [5.41, 5.74) is 0.424. The van der Waals surface area contributed by atoms with Gasteiger partial charge in [0, 0.05) is 5.56 Å². The van der Waals surface area contributed by atoms with Crippen molar-refractivity contribution in [2.24, 2.45) is 0 Å². The molecule has 3 unspecified atom stereocenters. The third kappa shape index (κ3) is 3.00. The molecule has 100 valence electrons. The van der Waals surface area contributed by atoms with Crippen LogP contribution in [0.15, 0.2) is 18.2 Å². The van der Waals surface area contributed by atoms with Gasteiger partial charge in [-0.2, -0.15) is 0 Å². The number of aliphatic hydroxyl groups is 2. The van der Waals surface area contributed by atoms with Crippen molar-refractivity contribution < 1.29 is 19.3 Å². The predicted octanol–water partition coefficient (Wildman–Crippen LogP) is 2.56. The van der Waals surface area contributed by atoms with E-state index in [1.807, 2.05) is 0 Å². The number of hydrogen-bond donors (Lipinski definition) is 2. The standard InChI is InChI=1S/C14H19FO3/c1-9(16)11-8-10(15)6-7-13(11)18-14-5-3-2-4-12(14)17/h6-9,12,14,16-17H,2-5H2,1H3. The molecule has 1 saturated carbocycles. The van der Waals surface area contributed by atoms with Crippen LogP contribution in [0.1, 0.15) is 44.3 Å². The fourth-order valence-corrected chi connectivity index (χ4v) is 2.33. The summed E-state index contributed by atoms with van der Waals surface area (Å²) >= 11 is 0. The quantitative estimate of drug-likeness (QED) is 0.871. The molecule has 1 aromatic carbocycles. The highest BCUT2D eigenvalue weighted by Gasteiger charge is 2.25. The molecule has 0 bridgehead atoms. The minimum absolute atomic E-state index is 0.262. The summed E-state index contributed by atoms with van der Waals surface area (Å²) < 4.78 is 18.9. The molecule has 0 radical (unpaired) electrons. The van der Waals surface area contributed by atoms with E-state index in [4.69, 9.17) is 4.74 Å². The summed E-state index contributed by atoms with van der Waals surface area (Å²) in [7, 11) is 0. The van der Waals surface area contributed by atoms with E-state index >= 15 is 0 Å². The van der Waals surface area contributed by atoms with E-state index in [9.17, 15) is 14.6 Å². The van der Waals surface area contributed by atoms with Gasteiger partial charge in [0.1, 0.15) is 17.7 Å². The number of aliphatic hydroxyl groups excluding tert-OH is 2. The van der Waals surface area contributed by atoms with E-state index in [2.05, 4.69) is 0 Å². The van der Waals surface area contributed by atoms with Crippen LogP contribution in [0.2, 0.25) is 0 Å². The van der Waals surface area contributed by atoms with Gasteiger partial charge in [0.05, 0.1) is 12.2 Å². The van der Waals surface area contributed by atoms with Crippen molar-refractivity contribution in [1.82, 2.24) is 0 Å². The van der Waals surface area contributed by atoms with E-state index in [0.717, 1.165) is 25.7 Å². The van der Waals surface area contributed by atoms with Crippen LogP contribution in [0.4, 0.5) is 4.39 Å². The molecule has 0 heterocycles. The largest absolute Gasteiger partial charge is 0.487 e. The molecule has 3 nitrogen and oxygen atoms in total. The normalized spacial score (nSPS) is 25.8. The molecule has 2 rings (SSSR count). The van der Waals surface area contributed by atoms with Crippen molar-refractivity contribution in [3.8, 4) is 5.75 Å². The van der Waals surface area contributed by atoms with Gasteiger partial charge in [0.15, 0.2) is 0 Å². The molecule has 0 aliphatic heterocycles. The number of benzene rings is 1. The fraction of sp³-hybridized carbons (Fsp3) is 0.571. The van der Waals surface area contributed by atoms with Gasteiger partial charge in [-0.15, -0.1) is 0 Å². The van der Waals surface area contributed by atoms with Crippen molar-refractivity contribution >= 4 is 0 Å². The van der Waals surface area contributed by atoms with Crippen LogP contribution in [-0.4, -0.2) is 22.4 Å². The molecule has 1 aromatic rings. The third-order valence-corrected chi connectivity index (χ3v) is 3.37. The highest BCUT2D eigenvalue weighted by Crippen LogP contribution is 2.30. The summed E-state index contributed by atoms with van der Waals surface area (Å²) in [4.78, 5) is 0. The molecule has 0 spiro atoms. The van der Waals surface area contributed by atoms with Crippen LogP contribution >= 0.6 is 0 Å². The highest BCUT2D eigenvalue weighted by atomic mass is 19.1. The van der Waals surface area contributed by atoms with Gasteiger partial charge < -0.3 is 14.9 Å². The lowest BCUT2D eigenvalue weighted by atomic mass is 9.94. The van der Waals surface area contributed by atoms with Crippen LogP contribution in [0.25, 0.3) is 0 Å². The van der Waals surface area contributed by atoms with Gasteiger partial charge in [-0.1, -0.05) is 6.42 Å². The molecule has 2 N–H and O–H groups in total. The SMILES string of the molecule is CC(O)c1cc(F)ccc1OC1CCCCC1O. The average molecular weight is 254 g/mol. The summed E-state index contributed by atoms with van der Waals surface area (Å²) in [5, 5.41) is 19.5. The van der Waals surface area contributed by atoms with Gasteiger partial charge in [-0.25, -0.2) is 4.39 Å². The molecule has 1 fully saturated rings. The molecule has 1 aliphatic rings. The molecule has 0 saturated heterocycles. The average Bonchev–Trinajstić information content (AvgIpc) is 2.34. The minimum Gasteiger partial charge on any atom is -0.487 e. The van der Waals surface area contributed by atoms with Crippen molar-refractivity contribution in [3.63, 3.8) is 0 Å². The first kappa shape index (κ1) is 13.3. The lowest BCUT2D eigenvalue weighted by Crippen LogP contribution is -2.34. The Morgan fingerprint density at radius 3 is 2.72 bits per heavy atom. The highest BCUT2D eigenvalue weighted by molar-refractivity contribution is 5.35. The van der Waals surface area contributed by atoms with Crippen molar-refractivity contribution in [3.05, 3.63) is 29.6 Å². The number of ether oxygens (including phenoxy) is 1. The summed E-state index contributed by atoms with van der Waals surface area (Å²) in [6, 6.07) is 4.09. The smallest absolute Gasteiger partial charge is 0.125 e. The summed E-state index contributed by atoms with van der Waals surface area (Å²) in [6.45, 7) is 1.57. The first-order valence-electron chi connectivity index (χ1n) is 6.40. The van der Waals surface area contributed by atoms with E-state index < -0.39 is 18.0 Å². The summed E-state index contributed by atoms with van der Waals surface area (Å²) in [5.74, 6) is 0.0554. The Hall–Kier alpha value is -1.13. The molecule has 0 aromatic heterocycles. The third-order valence-electron chi connectivity index (χ3n) is 3.37. The maximum absolute atomic E-state index is 13.1. The van der Waals surface area contributed by atoms with Gasteiger partial charge in [-0.05, 0) is 44.4 Å². The molecular formula is C14H19FO3. The van der Waals surface area contributed by atoms with Crippen LogP contribution in [0, 0.1) is 5.82 Å². The van der Waals surface area contributed by atoms with Crippen molar-refractivity contribution in [2.75, 3.05) is 0 Å². The van der Waals surface area contributed by atoms with E-state index in [1.165, 1.54) is 18.2 Å².